The first-order valence-electron chi connectivity index (χ1n) is 11.1. The largest absolute Gasteiger partial charge is 0.354 e. The minimum atomic E-state index is -3.87. The number of halogens is 3. The number of sulfonamides is 1. The van der Waals surface area contributed by atoms with Crippen LogP contribution < -0.4 is 9.62 Å². The normalized spacial score (nSPS) is 12.3. The number of nitrogens with one attached hydrogen (secondary N) is 1. The Hall–Kier alpha value is -2.00. The SMILES string of the molecule is CC[C@H](C(=O)NCC(C)C)N(Cc1ccccc1Cl)C(=O)CN(c1ccc(Cl)c(Cl)c1)S(C)(=O)=O. The maximum Gasteiger partial charge on any atom is 0.244 e. The topological polar surface area (TPSA) is 86.8 Å². The molecule has 0 fully saturated rings. The van der Waals surface area contributed by atoms with Gasteiger partial charge in [0.05, 0.1) is 22.0 Å². The van der Waals surface area contributed by atoms with Crippen molar-refractivity contribution in [3.05, 3.63) is 63.1 Å². The van der Waals surface area contributed by atoms with Crippen LogP contribution in [0.15, 0.2) is 42.5 Å². The number of benzene rings is 2. The predicted octanol–water partition coefficient (Wildman–Crippen LogP) is 4.99. The molecule has 0 unspecified atom stereocenters. The Kier molecular flexibility index (Phi) is 10.7. The van der Waals surface area contributed by atoms with Crippen molar-refractivity contribution in [2.24, 2.45) is 5.92 Å². The lowest BCUT2D eigenvalue weighted by Crippen LogP contribution is -2.52. The molecule has 0 heterocycles. The van der Waals surface area contributed by atoms with Crippen molar-refractivity contribution in [2.75, 3.05) is 23.7 Å². The maximum atomic E-state index is 13.6. The molecule has 11 heteroatoms. The Labute approximate surface area is 222 Å². The van der Waals surface area contributed by atoms with E-state index in [4.69, 9.17) is 34.8 Å². The molecule has 0 aliphatic rings. The van der Waals surface area contributed by atoms with Crippen LogP contribution in [0.3, 0.4) is 0 Å². The van der Waals surface area contributed by atoms with Crippen molar-refractivity contribution in [2.45, 2.75) is 39.8 Å². The molecule has 0 spiro atoms. The quantitative estimate of drug-likeness (QED) is 0.418. The number of hydrogen-bond acceptors (Lipinski definition) is 4. The van der Waals surface area contributed by atoms with E-state index in [1.54, 1.807) is 31.2 Å². The third kappa shape index (κ3) is 8.27. The van der Waals surface area contributed by atoms with Crippen molar-refractivity contribution >= 4 is 62.3 Å². The summed E-state index contributed by atoms with van der Waals surface area (Å²) in [7, 11) is -3.87. The second-order valence-electron chi connectivity index (χ2n) is 8.54. The molecule has 1 N–H and O–H groups in total. The molecule has 0 saturated heterocycles. The fourth-order valence-corrected chi connectivity index (χ4v) is 4.74. The van der Waals surface area contributed by atoms with Crippen LogP contribution in [0.25, 0.3) is 0 Å². The monoisotopic (exact) mass is 561 g/mol. The van der Waals surface area contributed by atoms with Crippen molar-refractivity contribution in [3.63, 3.8) is 0 Å². The van der Waals surface area contributed by atoms with Crippen molar-refractivity contribution < 1.29 is 18.0 Å². The summed E-state index contributed by atoms with van der Waals surface area (Å²) in [6, 6.07) is 10.5. The number of anilines is 1. The zero-order valence-corrected chi connectivity index (χ0v) is 23.2. The van der Waals surface area contributed by atoms with Crippen molar-refractivity contribution in [3.8, 4) is 0 Å². The van der Waals surface area contributed by atoms with Gasteiger partial charge in [0.25, 0.3) is 0 Å². The highest BCUT2D eigenvalue weighted by Crippen LogP contribution is 2.29. The van der Waals surface area contributed by atoms with E-state index in [1.165, 1.54) is 23.1 Å². The summed E-state index contributed by atoms with van der Waals surface area (Å²) in [5.41, 5.74) is 0.823. The van der Waals surface area contributed by atoms with Crippen molar-refractivity contribution in [1.82, 2.24) is 10.2 Å². The van der Waals surface area contributed by atoms with Gasteiger partial charge in [-0.1, -0.05) is 73.8 Å². The molecule has 0 radical (unpaired) electrons. The van der Waals surface area contributed by atoms with E-state index in [-0.39, 0.29) is 34.1 Å². The maximum absolute atomic E-state index is 13.6. The molecule has 2 rings (SSSR count). The molecule has 0 aliphatic heterocycles. The number of hydrogen-bond donors (Lipinski definition) is 1. The van der Waals surface area contributed by atoms with Crippen LogP contribution in [-0.4, -0.2) is 50.5 Å². The van der Waals surface area contributed by atoms with Gasteiger partial charge in [0.1, 0.15) is 12.6 Å². The first-order valence-corrected chi connectivity index (χ1v) is 14.1. The summed E-state index contributed by atoms with van der Waals surface area (Å²) in [5.74, 6) is -0.658. The zero-order valence-electron chi connectivity index (χ0n) is 20.1. The lowest BCUT2D eigenvalue weighted by Gasteiger charge is -2.33. The van der Waals surface area contributed by atoms with Gasteiger partial charge < -0.3 is 10.2 Å². The first kappa shape index (κ1) is 29.2. The summed E-state index contributed by atoms with van der Waals surface area (Å²) in [4.78, 5) is 28.0. The number of rotatable bonds is 11. The standard InChI is InChI=1S/C24H30Cl3N3O4S/c1-5-22(24(32)28-13-16(2)3)29(14-17-8-6-7-9-19(17)25)23(31)15-30(35(4,33)34)18-10-11-20(26)21(27)12-18/h6-12,16,22H,5,13-15H2,1-4H3,(H,28,32)/t22-/m1/s1. The molecule has 0 aromatic heterocycles. The van der Waals surface area contributed by atoms with Crippen LogP contribution >= 0.6 is 34.8 Å². The molecule has 0 bridgehead atoms. The van der Waals surface area contributed by atoms with Crippen LogP contribution in [0.2, 0.25) is 15.1 Å². The average molecular weight is 563 g/mol. The first-order chi connectivity index (χ1) is 16.3. The highest BCUT2D eigenvalue weighted by atomic mass is 35.5. The Morgan fingerprint density at radius 1 is 1.00 bits per heavy atom. The Morgan fingerprint density at radius 2 is 1.66 bits per heavy atom. The minimum Gasteiger partial charge on any atom is -0.354 e. The summed E-state index contributed by atoms with van der Waals surface area (Å²) in [6.45, 7) is 5.67. The van der Waals surface area contributed by atoms with Gasteiger partial charge in [0, 0.05) is 18.1 Å². The van der Waals surface area contributed by atoms with E-state index in [2.05, 4.69) is 5.32 Å². The Balaban J connectivity index is 2.45. The molecule has 2 aromatic carbocycles. The molecular weight excluding hydrogens is 533 g/mol. The van der Waals surface area contributed by atoms with E-state index in [9.17, 15) is 18.0 Å². The molecular formula is C24H30Cl3N3O4S. The molecule has 2 aromatic rings. The molecule has 7 nitrogen and oxygen atoms in total. The highest BCUT2D eigenvalue weighted by Gasteiger charge is 2.32. The van der Waals surface area contributed by atoms with Gasteiger partial charge in [-0.3, -0.25) is 13.9 Å². The van der Waals surface area contributed by atoms with E-state index < -0.39 is 28.5 Å². The van der Waals surface area contributed by atoms with Crippen LogP contribution in [0.1, 0.15) is 32.8 Å². The predicted molar refractivity (Wildman–Crippen MR) is 143 cm³/mol. The smallest absolute Gasteiger partial charge is 0.244 e. The average Bonchev–Trinajstić information content (AvgIpc) is 2.78. The molecule has 192 valence electrons. The van der Waals surface area contributed by atoms with E-state index in [0.29, 0.717) is 23.6 Å². The van der Waals surface area contributed by atoms with Gasteiger partial charge in [-0.2, -0.15) is 0 Å². The Morgan fingerprint density at radius 3 is 2.20 bits per heavy atom. The summed E-state index contributed by atoms with van der Waals surface area (Å²) >= 11 is 18.4. The second kappa shape index (κ2) is 12.8. The van der Waals surface area contributed by atoms with E-state index in [0.717, 1.165) is 10.6 Å². The summed E-state index contributed by atoms with van der Waals surface area (Å²) in [6.07, 6.45) is 1.32. The number of carbonyl (C=O) groups excluding carboxylic acids is 2. The highest BCUT2D eigenvalue weighted by molar-refractivity contribution is 7.92. The van der Waals surface area contributed by atoms with E-state index in [1.807, 2.05) is 13.8 Å². The number of amides is 2. The zero-order chi connectivity index (χ0) is 26.3. The molecule has 0 aliphatic carbocycles. The third-order valence-corrected chi connectivity index (χ3v) is 7.49. The van der Waals surface area contributed by atoms with Gasteiger partial charge >= 0.3 is 0 Å². The van der Waals surface area contributed by atoms with Gasteiger partial charge in [0.2, 0.25) is 21.8 Å². The minimum absolute atomic E-state index is 0.0328. The summed E-state index contributed by atoms with van der Waals surface area (Å²) in [5, 5.41) is 3.71. The fraction of sp³-hybridized carbons (Fsp3) is 0.417. The van der Waals surface area contributed by atoms with Gasteiger partial charge in [0.15, 0.2) is 0 Å². The summed E-state index contributed by atoms with van der Waals surface area (Å²) < 4.78 is 26.2. The van der Waals surface area contributed by atoms with Crippen LogP contribution in [0, 0.1) is 5.92 Å². The molecule has 2 amide bonds. The molecule has 0 saturated carbocycles. The lowest BCUT2D eigenvalue weighted by atomic mass is 10.1. The Bertz CT molecular complexity index is 1160. The number of nitrogens with zero attached hydrogens (tertiary/aromatic N) is 2. The lowest BCUT2D eigenvalue weighted by molar-refractivity contribution is -0.140. The number of carbonyl (C=O) groups is 2. The molecule has 1 atom stereocenters. The van der Waals surface area contributed by atoms with Gasteiger partial charge in [-0.15, -0.1) is 0 Å². The third-order valence-electron chi connectivity index (χ3n) is 5.24. The molecule has 35 heavy (non-hydrogen) atoms. The van der Waals surface area contributed by atoms with Gasteiger partial charge in [-0.05, 0) is 42.2 Å². The van der Waals surface area contributed by atoms with Crippen LogP contribution in [-0.2, 0) is 26.2 Å². The van der Waals surface area contributed by atoms with Gasteiger partial charge in [-0.25, -0.2) is 8.42 Å². The van der Waals surface area contributed by atoms with Crippen molar-refractivity contribution in [1.29, 1.82) is 0 Å². The van der Waals surface area contributed by atoms with Crippen LogP contribution in [0.5, 0.6) is 0 Å². The van der Waals surface area contributed by atoms with Crippen LogP contribution in [0.4, 0.5) is 5.69 Å². The fourth-order valence-electron chi connectivity index (χ4n) is 3.41. The second-order valence-corrected chi connectivity index (χ2v) is 11.7. The van der Waals surface area contributed by atoms with E-state index >= 15 is 0 Å².